The van der Waals surface area contributed by atoms with Crippen LogP contribution in [-0.4, -0.2) is 28.2 Å². The average molecular weight is 237 g/mol. The molecule has 1 heterocycles. The fourth-order valence-electron chi connectivity index (χ4n) is 0.890. The molecule has 6 nitrogen and oxygen atoms in total. The van der Waals surface area contributed by atoms with Gasteiger partial charge in [0.25, 0.3) is 0 Å². The maximum atomic E-state index is 11.3. The molecule has 0 radical (unpaired) electrons. The number of nitrogen functional groups attached to an aromatic ring is 1. The van der Waals surface area contributed by atoms with Crippen molar-refractivity contribution in [2.24, 2.45) is 0 Å². The molecule has 0 atom stereocenters. The summed E-state index contributed by atoms with van der Waals surface area (Å²) >= 11 is 1.22. The van der Waals surface area contributed by atoms with E-state index in [1.807, 2.05) is 6.07 Å². The zero-order chi connectivity index (χ0) is 11.8. The third-order valence-corrected chi connectivity index (χ3v) is 2.58. The predicted molar refractivity (Wildman–Crippen MR) is 60.4 cm³/mol. The van der Waals surface area contributed by atoms with E-state index in [1.54, 1.807) is 0 Å². The lowest BCUT2D eigenvalue weighted by atomic mass is 10.4. The quantitative estimate of drug-likeness (QED) is 0.559. The van der Waals surface area contributed by atoms with Crippen LogP contribution in [0.15, 0.2) is 17.4 Å². The second kappa shape index (κ2) is 6.63. The van der Waals surface area contributed by atoms with Crippen molar-refractivity contribution in [2.45, 2.75) is 11.4 Å². The van der Waals surface area contributed by atoms with Crippen LogP contribution in [0.1, 0.15) is 6.42 Å². The highest BCUT2D eigenvalue weighted by Crippen LogP contribution is 2.18. The topological polar surface area (TPSA) is 105 Å². The first kappa shape index (κ1) is 12.3. The maximum absolute atomic E-state index is 11.3. The first-order valence-electron chi connectivity index (χ1n) is 4.57. The van der Waals surface area contributed by atoms with Crippen molar-refractivity contribution in [3.63, 3.8) is 0 Å². The lowest BCUT2D eigenvalue weighted by Gasteiger charge is -2.03. The standard InChI is InChI=1S/C9H11N5OS/c10-2-1-3-12-7(15)6-16-9-8(11)13-4-5-14-9/h4-5H,1,3,6H2,(H2,11,13)(H,12,15). The number of carbonyl (C=O) groups excluding carboxylic acids is 1. The molecule has 7 heteroatoms. The monoisotopic (exact) mass is 237 g/mol. The van der Waals surface area contributed by atoms with E-state index in [1.165, 1.54) is 24.2 Å². The Bertz CT molecular complexity index is 403. The minimum Gasteiger partial charge on any atom is -0.381 e. The van der Waals surface area contributed by atoms with Gasteiger partial charge in [0.05, 0.1) is 18.2 Å². The lowest BCUT2D eigenvalue weighted by Crippen LogP contribution is -2.25. The highest BCUT2D eigenvalue weighted by Gasteiger charge is 2.05. The van der Waals surface area contributed by atoms with Crippen molar-refractivity contribution in [3.8, 4) is 6.07 Å². The van der Waals surface area contributed by atoms with E-state index in [4.69, 9.17) is 11.0 Å². The van der Waals surface area contributed by atoms with Crippen LogP contribution in [0.2, 0.25) is 0 Å². The number of carbonyl (C=O) groups is 1. The average Bonchev–Trinajstić information content (AvgIpc) is 2.28. The van der Waals surface area contributed by atoms with Crippen molar-refractivity contribution in [1.29, 1.82) is 5.26 Å². The molecule has 84 valence electrons. The summed E-state index contributed by atoms with van der Waals surface area (Å²) in [6, 6.07) is 1.94. The molecule has 0 bridgehead atoms. The van der Waals surface area contributed by atoms with Crippen LogP contribution < -0.4 is 11.1 Å². The van der Waals surface area contributed by atoms with Crippen LogP contribution in [0, 0.1) is 11.3 Å². The minimum atomic E-state index is -0.148. The Morgan fingerprint density at radius 1 is 1.56 bits per heavy atom. The van der Waals surface area contributed by atoms with E-state index in [0.29, 0.717) is 23.8 Å². The Hall–Kier alpha value is -1.81. The normalized spacial score (nSPS) is 9.44. The molecule has 0 aliphatic rings. The molecule has 0 saturated heterocycles. The molecular weight excluding hydrogens is 226 g/mol. The summed E-state index contributed by atoms with van der Waals surface area (Å²) < 4.78 is 0. The Morgan fingerprint density at radius 2 is 2.31 bits per heavy atom. The van der Waals surface area contributed by atoms with Gasteiger partial charge in [-0.25, -0.2) is 9.97 Å². The summed E-state index contributed by atoms with van der Waals surface area (Å²) in [7, 11) is 0. The number of rotatable bonds is 5. The Kier molecular flexibility index (Phi) is 5.08. The van der Waals surface area contributed by atoms with Gasteiger partial charge in [-0.2, -0.15) is 5.26 Å². The SMILES string of the molecule is N#CCCNC(=O)CSc1nccnc1N. The van der Waals surface area contributed by atoms with Gasteiger partial charge in [0.1, 0.15) is 5.03 Å². The van der Waals surface area contributed by atoms with Crippen LogP contribution >= 0.6 is 11.8 Å². The Morgan fingerprint density at radius 3 is 3.00 bits per heavy atom. The van der Waals surface area contributed by atoms with Gasteiger partial charge in [-0.15, -0.1) is 0 Å². The summed E-state index contributed by atoms with van der Waals surface area (Å²) in [5.41, 5.74) is 5.56. The van der Waals surface area contributed by atoms with E-state index in [9.17, 15) is 4.79 Å². The molecule has 1 aromatic rings. The van der Waals surface area contributed by atoms with Crippen molar-refractivity contribution in [2.75, 3.05) is 18.0 Å². The van der Waals surface area contributed by atoms with Gasteiger partial charge in [-0.05, 0) is 0 Å². The highest BCUT2D eigenvalue weighted by atomic mass is 32.2. The number of aromatic nitrogens is 2. The molecule has 1 amide bonds. The van der Waals surface area contributed by atoms with E-state index in [0.717, 1.165) is 0 Å². The molecule has 16 heavy (non-hydrogen) atoms. The number of nitrogens with zero attached hydrogens (tertiary/aromatic N) is 3. The number of nitriles is 1. The number of thioether (sulfide) groups is 1. The Labute approximate surface area is 97.3 Å². The van der Waals surface area contributed by atoms with Crippen LogP contribution in [-0.2, 0) is 4.79 Å². The molecular formula is C9H11N5OS. The molecule has 0 aliphatic heterocycles. The molecule has 0 saturated carbocycles. The molecule has 0 unspecified atom stereocenters. The molecule has 0 fully saturated rings. The van der Waals surface area contributed by atoms with E-state index in [-0.39, 0.29) is 11.7 Å². The number of hydrogen-bond acceptors (Lipinski definition) is 6. The summed E-state index contributed by atoms with van der Waals surface area (Å²) in [5, 5.41) is 11.4. The van der Waals surface area contributed by atoms with Crippen LogP contribution in [0.4, 0.5) is 5.82 Å². The number of nitrogens with one attached hydrogen (secondary N) is 1. The second-order valence-electron chi connectivity index (χ2n) is 2.79. The zero-order valence-corrected chi connectivity index (χ0v) is 9.33. The first-order valence-corrected chi connectivity index (χ1v) is 5.55. The van der Waals surface area contributed by atoms with Crippen molar-refractivity contribution < 1.29 is 4.79 Å². The minimum absolute atomic E-state index is 0.148. The van der Waals surface area contributed by atoms with Crippen molar-refractivity contribution >= 4 is 23.5 Å². The molecule has 0 spiro atoms. The zero-order valence-electron chi connectivity index (χ0n) is 8.51. The summed E-state index contributed by atoms with van der Waals surface area (Å²) in [6.07, 6.45) is 3.32. The third-order valence-electron chi connectivity index (χ3n) is 1.59. The molecule has 1 aromatic heterocycles. The predicted octanol–water partition coefficient (Wildman–Crippen LogP) is 0.181. The molecule has 1 rings (SSSR count). The lowest BCUT2D eigenvalue weighted by molar-refractivity contribution is -0.118. The largest absolute Gasteiger partial charge is 0.381 e. The van der Waals surface area contributed by atoms with E-state index < -0.39 is 0 Å². The number of anilines is 1. The molecule has 0 aliphatic carbocycles. The van der Waals surface area contributed by atoms with Gasteiger partial charge < -0.3 is 11.1 Å². The van der Waals surface area contributed by atoms with Crippen molar-refractivity contribution in [1.82, 2.24) is 15.3 Å². The fraction of sp³-hybridized carbons (Fsp3) is 0.333. The number of nitrogens with two attached hydrogens (primary N) is 1. The van der Waals surface area contributed by atoms with Gasteiger partial charge >= 0.3 is 0 Å². The fourth-order valence-corrected chi connectivity index (χ4v) is 1.60. The van der Waals surface area contributed by atoms with E-state index in [2.05, 4.69) is 15.3 Å². The maximum Gasteiger partial charge on any atom is 0.230 e. The Balaban J connectivity index is 2.32. The van der Waals surface area contributed by atoms with Crippen LogP contribution in [0.25, 0.3) is 0 Å². The highest BCUT2D eigenvalue weighted by molar-refractivity contribution is 8.00. The van der Waals surface area contributed by atoms with Crippen molar-refractivity contribution in [3.05, 3.63) is 12.4 Å². The summed E-state index contributed by atoms with van der Waals surface area (Å²) in [5.74, 6) is 0.386. The van der Waals surface area contributed by atoms with Crippen LogP contribution in [0.5, 0.6) is 0 Å². The smallest absolute Gasteiger partial charge is 0.230 e. The van der Waals surface area contributed by atoms with Gasteiger partial charge in [0.2, 0.25) is 5.91 Å². The third kappa shape index (κ3) is 4.14. The van der Waals surface area contributed by atoms with Gasteiger partial charge in [-0.1, -0.05) is 11.8 Å². The van der Waals surface area contributed by atoms with E-state index >= 15 is 0 Å². The molecule has 3 N–H and O–H groups in total. The van der Waals surface area contributed by atoms with Gasteiger partial charge in [0, 0.05) is 18.9 Å². The second-order valence-corrected chi connectivity index (χ2v) is 3.76. The molecule has 0 aromatic carbocycles. The van der Waals surface area contributed by atoms with Gasteiger partial charge in [-0.3, -0.25) is 4.79 Å². The number of hydrogen-bond donors (Lipinski definition) is 2. The first-order chi connectivity index (χ1) is 7.74. The summed E-state index contributed by atoms with van der Waals surface area (Å²) in [6.45, 7) is 0.367. The van der Waals surface area contributed by atoms with Crippen LogP contribution in [0.3, 0.4) is 0 Å². The number of amides is 1. The summed E-state index contributed by atoms with van der Waals surface area (Å²) in [4.78, 5) is 19.1. The van der Waals surface area contributed by atoms with Gasteiger partial charge in [0.15, 0.2) is 5.82 Å².